The van der Waals surface area contributed by atoms with Gasteiger partial charge in [0.25, 0.3) is 10.0 Å². The average molecular weight is 296 g/mol. The van der Waals surface area contributed by atoms with Crippen LogP contribution in [-0.4, -0.2) is 18.6 Å². The van der Waals surface area contributed by atoms with Crippen molar-refractivity contribution in [2.75, 3.05) is 10.5 Å². The molecule has 19 heavy (non-hydrogen) atoms. The van der Waals surface area contributed by atoms with Crippen molar-refractivity contribution in [3.63, 3.8) is 0 Å². The lowest BCUT2D eigenvalue weighted by molar-refractivity contribution is 0.601. The molecule has 1 aromatic heterocycles. The molecule has 0 saturated heterocycles. The van der Waals surface area contributed by atoms with Crippen LogP contribution in [0.4, 0.5) is 22.9 Å². The van der Waals surface area contributed by atoms with Gasteiger partial charge >= 0.3 is 0 Å². The molecule has 3 rings (SSSR count). The highest BCUT2D eigenvalue weighted by Gasteiger charge is 2.23. The Kier molecular flexibility index (Phi) is 2.61. The van der Waals surface area contributed by atoms with E-state index in [9.17, 15) is 8.42 Å². The first-order valence-corrected chi connectivity index (χ1v) is 7.32. The quantitative estimate of drug-likeness (QED) is 0.677. The van der Waals surface area contributed by atoms with E-state index in [0.29, 0.717) is 11.4 Å². The monoisotopic (exact) mass is 296 g/mol. The molecule has 0 bridgehead atoms. The first kappa shape index (κ1) is 11.9. The second kappa shape index (κ2) is 4.17. The van der Waals surface area contributed by atoms with Crippen molar-refractivity contribution in [3.8, 4) is 0 Å². The summed E-state index contributed by atoms with van der Waals surface area (Å²) in [6.07, 6.45) is 1.32. The van der Waals surface area contributed by atoms with Gasteiger partial charge in [-0.15, -0.1) is 0 Å². The van der Waals surface area contributed by atoms with E-state index in [4.69, 9.17) is 5.73 Å². The topological polar surface area (TPSA) is 126 Å². The Bertz CT molecular complexity index is 819. The smallest absolute Gasteiger partial charge is 0.265 e. The van der Waals surface area contributed by atoms with E-state index in [1.807, 2.05) is 0 Å². The van der Waals surface area contributed by atoms with Crippen molar-refractivity contribution in [1.29, 1.82) is 0 Å². The molecule has 0 amide bonds. The minimum atomic E-state index is -3.80. The van der Waals surface area contributed by atoms with E-state index in [0.717, 1.165) is 11.4 Å². The number of H-pyrrole nitrogens is 1. The lowest BCUT2D eigenvalue weighted by atomic mass is 10.3. The molecule has 0 atom stereocenters. The fraction of sp³-hybridized carbons (Fsp3) is 0. The number of fused-ring (bicyclic) bond motifs is 1. The van der Waals surface area contributed by atoms with Crippen LogP contribution in [0.3, 0.4) is 0 Å². The predicted molar refractivity (Wildman–Crippen MR) is 71.8 cm³/mol. The van der Waals surface area contributed by atoms with E-state index in [1.165, 1.54) is 12.3 Å². The number of rotatable bonds is 3. The summed E-state index contributed by atoms with van der Waals surface area (Å²) in [5.74, 6) is 0.125. The van der Waals surface area contributed by atoms with Crippen molar-refractivity contribution >= 4 is 44.3 Å². The lowest BCUT2D eigenvalue weighted by Gasteiger charge is -2.08. The van der Waals surface area contributed by atoms with Crippen LogP contribution in [0.2, 0.25) is 0 Å². The van der Waals surface area contributed by atoms with Gasteiger partial charge in [0.1, 0.15) is 16.3 Å². The molecule has 0 radical (unpaired) electrons. The van der Waals surface area contributed by atoms with E-state index in [2.05, 4.69) is 23.6 Å². The average Bonchev–Trinajstić information content (AvgIpc) is 2.98. The highest BCUT2D eigenvalue weighted by Crippen LogP contribution is 2.37. The minimum absolute atomic E-state index is 0.0488. The SMILES string of the molecule is Nc1cn[nH]c1NS(=O)(=O)c1cccc2c1N=S=N2. The van der Waals surface area contributed by atoms with Crippen LogP contribution in [0.5, 0.6) is 0 Å². The second-order valence-corrected chi connectivity index (χ2v) is 5.87. The standard InChI is InChI=1S/C9H8N6O2S2/c10-5-4-11-12-9(5)15-19(16,17)7-3-1-2-6-8(7)14-18-13-6/h1-4H,10H2,(H2,11,12,15). The molecule has 10 heteroatoms. The molecule has 2 aromatic rings. The van der Waals surface area contributed by atoms with E-state index >= 15 is 0 Å². The first-order valence-electron chi connectivity index (χ1n) is 5.11. The molecule has 0 spiro atoms. The summed E-state index contributed by atoms with van der Waals surface area (Å²) < 4.78 is 34.9. The number of sulfonamides is 1. The Labute approximate surface area is 112 Å². The molecular weight excluding hydrogens is 288 g/mol. The molecule has 4 N–H and O–H groups in total. The Balaban J connectivity index is 2.05. The Morgan fingerprint density at radius 3 is 2.89 bits per heavy atom. The molecule has 2 heterocycles. The zero-order chi connectivity index (χ0) is 13.5. The summed E-state index contributed by atoms with van der Waals surface area (Å²) in [5.41, 5.74) is 6.65. The Morgan fingerprint density at radius 1 is 1.32 bits per heavy atom. The van der Waals surface area contributed by atoms with Crippen molar-refractivity contribution in [3.05, 3.63) is 24.4 Å². The zero-order valence-electron chi connectivity index (χ0n) is 9.36. The fourth-order valence-electron chi connectivity index (χ4n) is 1.56. The Morgan fingerprint density at radius 2 is 2.16 bits per heavy atom. The summed E-state index contributed by atoms with van der Waals surface area (Å²) >= 11 is 0.957. The number of nitrogens with two attached hydrogens (primary N) is 1. The van der Waals surface area contributed by atoms with E-state index in [1.54, 1.807) is 12.1 Å². The molecule has 8 nitrogen and oxygen atoms in total. The third-order valence-electron chi connectivity index (χ3n) is 2.44. The summed E-state index contributed by atoms with van der Waals surface area (Å²) in [6, 6.07) is 4.76. The second-order valence-electron chi connectivity index (χ2n) is 3.69. The maximum atomic E-state index is 12.3. The zero-order valence-corrected chi connectivity index (χ0v) is 11.0. The van der Waals surface area contributed by atoms with Gasteiger partial charge in [0, 0.05) is 0 Å². The highest BCUT2D eigenvalue weighted by atomic mass is 32.2. The number of anilines is 2. The van der Waals surface area contributed by atoms with Crippen molar-refractivity contribution in [2.45, 2.75) is 4.90 Å². The molecule has 0 saturated carbocycles. The van der Waals surface area contributed by atoms with Crippen LogP contribution in [0.1, 0.15) is 0 Å². The van der Waals surface area contributed by atoms with Crippen LogP contribution in [0.15, 0.2) is 38.0 Å². The summed E-state index contributed by atoms with van der Waals surface area (Å²) in [5, 5.41) is 6.12. The number of aromatic nitrogens is 2. The van der Waals surface area contributed by atoms with E-state index in [-0.39, 0.29) is 16.4 Å². The van der Waals surface area contributed by atoms with Crippen LogP contribution >= 0.6 is 0 Å². The fourth-order valence-corrected chi connectivity index (χ4v) is 3.38. The Hall–Kier alpha value is -2.20. The summed E-state index contributed by atoms with van der Waals surface area (Å²) in [7, 11) is -3.80. The van der Waals surface area contributed by atoms with Gasteiger partial charge in [0.15, 0.2) is 5.82 Å². The van der Waals surface area contributed by atoms with Gasteiger partial charge in [-0.2, -0.15) is 13.8 Å². The molecular formula is C9H8N6O2S2. The maximum absolute atomic E-state index is 12.3. The van der Waals surface area contributed by atoms with Crippen LogP contribution in [-0.2, 0) is 21.4 Å². The lowest BCUT2D eigenvalue weighted by Crippen LogP contribution is -2.14. The maximum Gasteiger partial charge on any atom is 0.265 e. The number of nitrogens with one attached hydrogen (secondary N) is 2. The van der Waals surface area contributed by atoms with Crippen molar-refractivity contribution < 1.29 is 8.42 Å². The van der Waals surface area contributed by atoms with Gasteiger partial charge in [-0.25, -0.2) is 8.42 Å². The number of benzene rings is 1. The largest absolute Gasteiger partial charge is 0.394 e. The van der Waals surface area contributed by atoms with Crippen LogP contribution in [0.25, 0.3) is 0 Å². The normalized spacial score (nSPS) is 13.1. The molecule has 0 unspecified atom stereocenters. The van der Waals surface area contributed by atoms with Crippen LogP contribution in [0, 0.1) is 0 Å². The third kappa shape index (κ3) is 2.00. The van der Waals surface area contributed by atoms with Gasteiger partial charge in [-0.1, -0.05) is 6.07 Å². The number of nitrogens with zero attached hydrogens (tertiary/aromatic N) is 3. The number of hydrogen-bond acceptors (Lipinski definition) is 6. The van der Waals surface area contributed by atoms with E-state index < -0.39 is 10.0 Å². The molecule has 98 valence electrons. The highest BCUT2D eigenvalue weighted by molar-refractivity contribution is 7.93. The summed E-state index contributed by atoms with van der Waals surface area (Å²) in [6.45, 7) is 0. The van der Waals surface area contributed by atoms with Gasteiger partial charge in [0.2, 0.25) is 0 Å². The van der Waals surface area contributed by atoms with Gasteiger partial charge < -0.3 is 5.73 Å². The predicted octanol–water partition coefficient (Wildman–Crippen LogP) is 1.52. The molecule has 1 aromatic carbocycles. The van der Waals surface area contributed by atoms with Gasteiger partial charge in [-0.05, 0) is 12.1 Å². The first-order chi connectivity index (χ1) is 9.08. The van der Waals surface area contributed by atoms with Crippen molar-refractivity contribution in [2.24, 2.45) is 8.73 Å². The molecule has 0 aliphatic carbocycles. The van der Waals surface area contributed by atoms with Gasteiger partial charge in [0.05, 0.1) is 23.2 Å². The number of nitrogen functional groups attached to an aromatic ring is 1. The molecule has 0 fully saturated rings. The molecule has 1 aliphatic rings. The third-order valence-corrected chi connectivity index (χ3v) is 4.37. The minimum Gasteiger partial charge on any atom is -0.394 e. The summed E-state index contributed by atoms with van der Waals surface area (Å²) in [4.78, 5) is 0.0488. The van der Waals surface area contributed by atoms with Gasteiger partial charge in [-0.3, -0.25) is 9.82 Å². The van der Waals surface area contributed by atoms with Crippen molar-refractivity contribution in [1.82, 2.24) is 10.2 Å². The number of hydrogen-bond donors (Lipinski definition) is 3. The number of aromatic amines is 1. The van der Waals surface area contributed by atoms with Crippen LogP contribution < -0.4 is 10.5 Å². The molecule has 1 aliphatic heterocycles.